The van der Waals surface area contributed by atoms with Crippen molar-refractivity contribution in [3.8, 4) is 10.9 Å². The summed E-state index contributed by atoms with van der Waals surface area (Å²) in [4.78, 5) is 4.26. The molecule has 68 valence electrons. The van der Waals surface area contributed by atoms with Crippen LogP contribution in [0.5, 0.6) is 10.9 Å². The molecule has 0 atom stereocenters. The largest absolute Gasteiger partial charge is 0.497 e. The Morgan fingerprint density at radius 2 is 2.08 bits per heavy atom. The Labute approximate surface area is 79.9 Å². The lowest BCUT2D eigenvalue weighted by atomic mass is 10.3. The van der Waals surface area contributed by atoms with Crippen molar-refractivity contribution in [2.75, 3.05) is 14.2 Å². The fourth-order valence-electron chi connectivity index (χ4n) is 1.10. The Morgan fingerprint density at radius 1 is 1.23 bits per heavy atom. The van der Waals surface area contributed by atoms with E-state index in [1.165, 1.54) is 11.3 Å². The van der Waals surface area contributed by atoms with Crippen LogP contribution in [0.2, 0.25) is 0 Å². The van der Waals surface area contributed by atoms with Crippen molar-refractivity contribution >= 4 is 21.6 Å². The Bertz CT molecular complexity index is 422. The molecule has 0 aliphatic heterocycles. The zero-order valence-electron chi connectivity index (χ0n) is 7.40. The molecule has 4 heteroatoms. The molecular weight excluding hydrogens is 186 g/mol. The van der Waals surface area contributed by atoms with Crippen LogP contribution in [0.4, 0.5) is 0 Å². The topological polar surface area (TPSA) is 31.4 Å². The summed E-state index contributed by atoms with van der Waals surface area (Å²) < 4.78 is 11.2. The predicted octanol–water partition coefficient (Wildman–Crippen LogP) is 2.31. The van der Waals surface area contributed by atoms with Crippen molar-refractivity contribution < 1.29 is 9.47 Å². The molecule has 3 nitrogen and oxygen atoms in total. The van der Waals surface area contributed by atoms with Crippen LogP contribution in [0.3, 0.4) is 0 Å². The van der Waals surface area contributed by atoms with Crippen LogP contribution in [-0.4, -0.2) is 19.2 Å². The summed E-state index contributed by atoms with van der Waals surface area (Å²) in [6.07, 6.45) is 0. The molecular formula is C9H9NO2S. The number of rotatable bonds is 2. The Balaban J connectivity index is 2.57. The fourth-order valence-corrected chi connectivity index (χ4v) is 1.86. The van der Waals surface area contributed by atoms with Crippen LogP contribution in [0.1, 0.15) is 0 Å². The summed E-state index contributed by atoms with van der Waals surface area (Å²) in [5, 5.41) is 0.684. The van der Waals surface area contributed by atoms with E-state index in [4.69, 9.17) is 9.47 Å². The van der Waals surface area contributed by atoms with Crippen molar-refractivity contribution in [2.45, 2.75) is 0 Å². The third-order valence-corrected chi connectivity index (χ3v) is 2.75. The second-order valence-corrected chi connectivity index (χ2v) is 3.51. The molecule has 13 heavy (non-hydrogen) atoms. The highest BCUT2D eigenvalue weighted by molar-refractivity contribution is 7.20. The van der Waals surface area contributed by atoms with E-state index in [2.05, 4.69) is 4.98 Å². The van der Waals surface area contributed by atoms with Gasteiger partial charge >= 0.3 is 0 Å². The number of ether oxygens (including phenoxy) is 2. The quantitative estimate of drug-likeness (QED) is 0.736. The standard InChI is InChI=1S/C9H9NO2S/c1-11-6-3-4-8-7(5-6)10-9(12-2)13-8/h3-5H,1-2H3. The average Bonchev–Trinajstić information content (AvgIpc) is 2.58. The van der Waals surface area contributed by atoms with Crippen molar-refractivity contribution in [2.24, 2.45) is 0 Å². The first-order valence-electron chi connectivity index (χ1n) is 3.82. The molecule has 2 rings (SSSR count). The van der Waals surface area contributed by atoms with Crippen LogP contribution in [0, 0.1) is 0 Å². The van der Waals surface area contributed by atoms with E-state index < -0.39 is 0 Å². The fraction of sp³-hybridized carbons (Fsp3) is 0.222. The molecule has 1 aromatic carbocycles. The third-order valence-electron chi connectivity index (χ3n) is 1.75. The van der Waals surface area contributed by atoms with Gasteiger partial charge in [0, 0.05) is 6.07 Å². The first kappa shape index (κ1) is 8.31. The van der Waals surface area contributed by atoms with Crippen molar-refractivity contribution in [1.29, 1.82) is 0 Å². The van der Waals surface area contributed by atoms with Gasteiger partial charge in [0.2, 0.25) is 0 Å². The summed E-state index contributed by atoms with van der Waals surface area (Å²) in [5.74, 6) is 0.820. The van der Waals surface area contributed by atoms with E-state index in [-0.39, 0.29) is 0 Å². The number of hydrogen-bond donors (Lipinski definition) is 0. The molecule has 1 heterocycles. The van der Waals surface area contributed by atoms with Gasteiger partial charge in [-0.05, 0) is 12.1 Å². The van der Waals surface area contributed by atoms with Gasteiger partial charge < -0.3 is 9.47 Å². The van der Waals surface area contributed by atoms with Gasteiger partial charge in [-0.25, -0.2) is 4.98 Å². The molecule has 0 aliphatic carbocycles. The summed E-state index contributed by atoms with van der Waals surface area (Å²) in [5.41, 5.74) is 0.918. The highest BCUT2D eigenvalue weighted by Gasteiger charge is 2.03. The van der Waals surface area contributed by atoms with Crippen LogP contribution >= 0.6 is 11.3 Å². The average molecular weight is 195 g/mol. The SMILES string of the molecule is COc1ccc2sc(OC)nc2c1. The molecule has 0 bridgehead atoms. The lowest BCUT2D eigenvalue weighted by molar-refractivity contribution is 0.412. The first-order chi connectivity index (χ1) is 6.33. The summed E-state index contributed by atoms with van der Waals surface area (Å²) in [6.45, 7) is 0. The highest BCUT2D eigenvalue weighted by Crippen LogP contribution is 2.29. The number of aromatic nitrogens is 1. The maximum atomic E-state index is 5.09. The third kappa shape index (κ3) is 1.45. The van der Waals surface area contributed by atoms with E-state index in [9.17, 15) is 0 Å². The molecule has 2 aromatic rings. The molecule has 0 N–H and O–H groups in total. The maximum absolute atomic E-state index is 5.09. The Morgan fingerprint density at radius 3 is 2.77 bits per heavy atom. The van der Waals surface area contributed by atoms with Gasteiger partial charge in [0.05, 0.1) is 24.4 Å². The van der Waals surface area contributed by atoms with Crippen LogP contribution in [-0.2, 0) is 0 Å². The minimum Gasteiger partial charge on any atom is -0.497 e. The molecule has 1 aromatic heterocycles. The van der Waals surface area contributed by atoms with Gasteiger partial charge in [-0.1, -0.05) is 11.3 Å². The van der Waals surface area contributed by atoms with Gasteiger partial charge in [-0.2, -0.15) is 0 Å². The van der Waals surface area contributed by atoms with E-state index in [0.29, 0.717) is 5.19 Å². The first-order valence-corrected chi connectivity index (χ1v) is 4.63. The van der Waals surface area contributed by atoms with Gasteiger partial charge in [-0.15, -0.1) is 0 Å². The normalized spacial score (nSPS) is 10.3. The molecule has 0 saturated carbocycles. The molecule has 0 aliphatic rings. The molecule has 0 saturated heterocycles. The van der Waals surface area contributed by atoms with Crippen molar-refractivity contribution in [3.05, 3.63) is 18.2 Å². The number of nitrogens with zero attached hydrogens (tertiary/aromatic N) is 1. The summed E-state index contributed by atoms with van der Waals surface area (Å²) in [7, 11) is 3.26. The maximum Gasteiger partial charge on any atom is 0.274 e. The smallest absolute Gasteiger partial charge is 0.274 e. The molecule has 0 fully saturated rings. The molecule has 0 unspecified atom stereocenters. The summed E-state index contributed by atoms with van der Waals surface area (Å²) >= 11 is 1.53. The zero-order valence-corrected chi connectivity index (χ0v) is 8.22. The number of hydrogen-bond acceptors (Lipinski definition) is 4. The number of thiazole rings is 1. The van der Waals surface area contributed by atoms with Crippen LogP contribution in [0.15, 0.2) is 18.2 Å². The second kappa shape index (κ2) is 3.22. The molecule has 0 spiro atoms. The van der Waals surface area contributed by atoms with Crippen LogP contribution < -0.4 is 9.47 Å². The predicted molar refractivity (Wildman–Crippen MR) is 52.7 cm³/mol. The Kier molecular flexibility index (Phi) is 2.06. The molecule has 0 amide bonds. The van der Waals surface area contributed by atoms with E-state index >= 15 is 0 Å². The van der Waals surface area contributed by atoms with Crippen molar-refractivity contribution in [1.82, 2.24) is 4.98 Å². The van der Waals surface area contributed by atoms with Gasteiger partial charge in [0.25, 0.3) is 5.19 Å². The number of methoxy groups -OCH3 is 2. The van der Waals surface area contributed by atoms with Crippen LogP contribution in [0.25, 0.3) is 10.2 Å². The summed E-state index contributed by atoms with van der Waals surface area (Å²) in [6, 6.07) is 5.79. The van der Waals surface area contributed by atoms with E-state index in [1.807, 2.05) is 18.2 Å². The Hall–Kier alpha value is -1.29. The van der Waals surface area contributed by atoms with Crippen molar-refractivity contribution in [3.63, 3.8) is 0 Å². The number of fused-ring (bicyclic) bond motifs is 1. The van der Waals surface area contributed by atoms with E-state index in [0.717, 1.165) is 16.0 Å². The minimum atomic E-state index is 0.684. The monoisotopic (exact) mass is 195 g/mol. The lowest BCUT2D eigenvalue weighted by Gasteiger charge is -1.96. The zero-order chi connectivity index (χ0) is 9.26. The van der Waals surface area contributed by atoms with Gasteiger partial charge in [-0.3, -0.25) is 0 Å². The minimum absolute atomic E-state index is 0.684. The lowest BCUT2D eigenvalue weighted by Crippen LogP contribution is -1.81. The number of benzene rings is 1. The second-order valence-electron chi connectivity index (χ2n) is 2.52. The molecule has 0 radical (unpaired) electrons. The van der Waals surface area contributed by atoms with E-state index in [1.54, 1.807) is 14.2 Å². The van der Waals surface area contributed by atoms with Gasteiger partial charge in [0.1, 0.15) is 5.75 Å². The van der Waals surface area contributed by atoms with Gasteiger partial charge in [0.15, 0.2) is 0 Å². The highest BCUT2D eigenvalue weighted by atomic mass is 32.1.